The first kappa shape index (κ1) is 18.4. The third-order valence-electron chi connectivity index (χ3n) is 4.38. The lowest BCUT2D eigenvalue weighted by Crippen LogP contribution is -2.25. The number of aromatic nitrogens is 4. The van der Waals surface area contributed by atoms with Crippen molar-refractivity contribution >= 4 is 22.7 Å². The second-order valence-corrected chi connectivity index (χ2v) is 8.06. The number of nitrogens with zero attached hydrogens (tertiary/aromatic N) is 4. The van der Waals surface area contributed by atoms with Crippen LogP contribution in [0.15, 0.2) is 69.0 Å². The fraction of sp³-hybridized carbons (Fsp3) is 0.238. The Labute approximate surface area is 166 Å². The SMILES string of the molecule is CC(Sc1nc2ccccc2c(=O)n1C(C)C)c1nnc(-c2ccccc2)o1. The zero-order chi connectivity index (χ0) is 19.7. The molecule has 28 heavy (non-hydrogen) atoms. The predicted molar refractivity (Wildman–Crippen MR) is 110 cm³/mol. The van der Waals surface area contributed by atoms with E-state index >= 15 is 0 Å². The maximum Gasteiger partial charge on any atom is 0.262 e. The summed E-state index contributed by atoms with van der Waals surface area (Å²) in [4.78, 5) is 17.7. The molecule has 7 heteroatoms. The van der Waals surface area contributed by atoms with Crippen molar-refractivity contribution in [1.82, 2.24) is 19.7 Å². The van der Waals surface area contributed by atoms with Gasteiger partial charge >= 0.3 is 0 Å². The first-order valence-corrected chi connectivity index (χ1v) is 9.99. The van der Waals surface area contributed by atoms with Gasteiger partial charge in [-0.25, -0.2) is 4.98 Å². The fourth-order valence-electron chi connectivity index (χ4n) is 2.97. The molecule has 0 saturated heterocycles. The summed E-state index contributed by atoms with van der Waals surface area (Å²) in [5.41, 5.74) is 1.53. The van der Waals surface area contributed by atoms with Gasteiger partial charge in [-0.15, -0.1) is 10.2 Å². The summed E-state index contributed by atoms with van der Waals surface area (Å²) in [6, 6.07) is 17.0. The minimum atomic E-state index is -0.150. The van der Waals surface area contributed by atoms with E-state index in [1.165, 1.54) is 11.8 Å². The van der Waals surface area contributed by atoms with Crippen LogP contribution in [0.2, 0.25) is 0 Å². The number of para-hydroxylation sites is 1. The molecule has 6 nitrogen and oxygen atoms in total. The number of hydrogen-bond donors (Lipinski definition) is 0. The second kappa shape index (κ2) is 7.59. The second-order valence-electron chi connectivity index (χ2n) is 6.75. The Kier molecular flexibility index (Phi) is 5.00. The van der Waals surface area contributed by atoms with Gasteiger partial charge < -0.3 is 4.42 Å². The number of rotatable bonds is 5. The maximum atomic E-state index is 13.0. The molecule has 4 rings (SSSR count). The highest BCUT2D eigenvalue weighted by Crippen LogP contribution is 2.35. The summed E-state index contributed by atoms with van der Waals surface area (Å²) in [6.07, 6.45) is 0. The van der Waals surface area contributed by atoms with E-state index in [9.17, 15) is 4.79 Å². The highest BCUT2D eigenvalue weighted by Gasteiger charge is 2.21. The summed E-state index contributed by atoms with van der Waals surface area (Å²) in [5.74, 6) is 0.984. The first-order chi connectivity index (χ1) is 13.5. The molecule has 2 aromatic carbocycles. The molecule has 142 valence electrons. The molecular formula is C21H20N4O2S. The highest BCUT2D eigenvalue weighted by atomic mass is 32.2. The predicted octanol–water partition coefficient (Wildman–Crippen LogP) is 4.88. The number of benzene rings is 2. The van der Waals surface area contributed by atoms with Gasteiger partial charge in [-0.1, -0.05) is 42.1 Å². The summed E-state index contributed by atoms with van der Waals surface area (Å²) < 4.78 is 7.58. The molecule has 0 aliphatic rings. The molecule has 0 aliphatic carbocycles. The molecule has 0 fully saturated rings. The Morgan fingerprint density at radius 2 is 1.68 bits per heavy atom. The maximum absolute atomic E-state index is 13.0. The minimum absolute atomic E-state index is 0.0122. The smallest absolute Gasteiger partial charge is 0.262 e. The van der Waals surface area contributed by atoms with E-state index in [-0.39, 0.29) is 16.9 Å². The lowest BCUT2D eigenvalue weighted by molar-refractivity contribution is 0.502. The van der Waals surface area contributed by atoms with E-state index in [2.05, 4.69) is 10.2 Å². The van der Waals surface area contributed by atoms with Crippen LogP contribution in [0, 0.1) is 0 Å². The van der Waals surface area contributed by atoms with Crippen LogP contribution < -0.4 is 5.56 Å². The van der Waals surface area contributed by atoms with Crippen molar-refractivity contribution in [1.29, 1.82) is 0 Å². The standard InChI is InChI=1S/C21H20N4O2S/c1-13(2)25-20(26)16-11-7-8-12-17(16)22-21(25)28-14(3)18-23-24-19(27-18)15-9-5-4-6-10-15/h4-14H,1-3H3. The van der Waals surface area contributed by atoms with Crippen molar-refractivity contribution < 1.29 is 4.42 Å². The van der Waals surface area contributed by atoms with Crippen LogP contribution >= 0.6 is 11.8 Å². The van der Waals surface area contributed by atoms with E-state index in [0.29, 0.717) is 27.8 Å². The Balaban J connectivity index is 1.69. The summed E-state index contributed by atoms with van der Waals surface area (Å²) in [7, 11) is 0. The van der Waals surface area contributed by atoms with Crippen molar-refractivity contribution in [2.45, 2.75) is 37.2 Å². The number of thioether (sulfide) groups is 1. The average molecular weight is 392 g/mol. The fourth-order valence-corrected chi connectivity index (χ4v) is 4.04. The number of hydrogen-bond acceptors (Lipinski definition) is 6. The van der Waals surface area contributed by atoms with Gasteiger partial charge in [0.15, 0.2) is 5.16 Å². The molecular weight excluding hydrogens is 372 g/mol. The lowest BCUT2D eigenvalue weighted by atomic mass is 10.2. The van der Waals surface area contributed by atoms with Crippen LogP contribution in [0.1, 0.15) is 38.0 Å². The van der Waals surface area contributed by atoms with Crippen LogP contribution in [0.5, 0.6) is 0 Å². The molecule has 4 aromatic rings. The molecule has 0 saturated carbocycles. The van der Waals surface area contributed by atoms with Crippen molar-refractivity contribution in [3.8, 4) is 11.5 Å². The van der Waals surface area contributed by atoms with E-state index in [0.717, 1.165) is 5.56 Å². The first-order valence-electron chi connectivity index (χ1n) is 9.11. The Morgan fingerprint density at radius 3 is 2.43 bits per heavy atom. The van der Waals surface area contributed by atoms with E-state index in [1.807, 2.05) is 75.4 Å². The molecule has 1 unspecified atom stereocenters. The topological polar surface area (TPSA) is 73.8 Å². The molecule has 0 N–H and O–H groups in total. The molecule has 0 amide bonds. The van der Waals surface area contributed by atoms with Crippen molar-refractivity contribution in [3.05, 3.63) is 70.8 Å². The third kappa shape index (κ3) is 3.45. The minimum Gasteiger partial charge on any atom is -0.419 e. The largest absolute Gasteiger partial charge is 0.419 e. The van der Waals surface area contributed by atoms with Gasteiger partial charge in [-0.3, -0.25) is 9.36 Å². The van der Waals surface area contributed by atoms with Crippen LogP contribution in [0.25, 0.3) is 22.4 Å². The molecule has 0 radical (unpaired) electrons. The molecule has 2 aromatic heterocycles. The molecule has 0 bridgehead atoms. The summed E-state index contributed by atoms with van der Waals surface area (Å²) in [6.45, 7) is 5.93. The molecule has 2 heterocycles. The Bertz CT molecular complexity index is 1170. The van der Waals surface area contributed by atoms with E-state index in [1.54, 1.807) is 4.57 Å². The van der Waals surface area contributed by atoms with Crippen molar-refractivity contribution in [2.75, 3.05) is 0 Å². The van der Waals surface area contributed by atoms with Crippen LogP contribution in [-0.2, 0) is 0 Å². The van der Waals surface area contributed by atoms with Crippen LogP contribution in [-0.4, -0.2) is 19.7 Å². The van der Waals surface area contributed by atoms with Gasteiger partial charge in [0.2, 0.25) is 11.8 Å². The molecule has 0 spiro atoms. The normalized spacial score (nSPS) is 12.6. The van der Waals surface area contributed by atoms with Gasteiger partial charge in [-0.05, 0) is 45.0 Å². The third-order valence-corrected chi connectivity index (χ3v) is 5.44. The zero-order valence-corrected chi connectivity index (χ0v) is 16.7. The van der Waals surface area contributed by atoms with Gasteiger partial charge in [0.05, 0.1) is 16.2 Å². The number of fused-ring (bicyclic) bond motifs is 1. The van der Waals surface area contributed by atoms with Crippen molar-refractivity contribution in [3.63, 3.8) is 0 Å². The van der Waals surface area contributed by atoms with Crippen LogP contribution in [0.4, 0.5) is 0 Å². The monoisotopic (exact) mass is 392 g/mol. The van der Waals surface area contributed by atoms with Gasteiger partial charge in [0.1, 0.15) is 0 Å². The zero-order valence-electron chi connectivity index (χ0n) is 15.9. The van der Waals surface area contributed by atoms with Crippen molar-refractivity contribution in [2.24, 2.45) is 0 Å². The van der Waals surface area contributed by atoms with E-state index < -0.39 is 0 Å². The Hall–Kier alpha value is -2.93. The highest BCUT2D eigenvalue weighted by molar-refractivity contribution is 7.99. The Morgan fingerprint density at radius 1 is 0.964 bits per heavy atom. The summed E-state index contributed by atoms with van der Waals surface area (Å²) in [5, 5.41) is 9.47. The molecule has 1 atom stereocenters. The summed E-state index contributed by atoms with van der Waals surface area (Å²) >= 11 is 1.44. The van der Waals surface area contributed by atoms with E-state index in [4.69, 9.17) is 9.40 Å². The van der Waals surface area contributed by atoms with Gasteiger partial charge in [0, 0.05) is 11.6 Å². The lowest BCUT2D eigenvalue weighted by Gasteiger charge is -2.17. The quantitative estimate of drug-likeness (QED) is 0.356. The van der Waals surface area contributed by atoms with Crippen LogP contribution in [0.3, 0.4) is 0 Å². The van der Waals surface area contributed by atoms with Gasteiger partial charge in [0.25, 0.3) is 5.56 Å². The average Bonchev–Trinajstić information content (AvgIpc) is 3.19. The van der Waals surface area contributed by atoms with Gasteiger partial charge in [-0.2, -0.15) is 0 Å². The molecule has 0 aliphatic heterocycles.